The van der Waals surface area contributed by atoms with Crippen LogP contribution in [-0.2, 0) is 10.8 Å². The van der Waals surface area contributed by atoms with Gasteiger partial charge in [0.25, 0.3) is 6.71 Å². The van der Waals surface area contributed by atoms with E-state index in [1.807, 2.05) is 0 Å². The van der Waals surface area contributed by atoms with Crippen molar-refractivity contribution in [1.29, 1.82) is 0 Å². The van der Waals surface area contributed by atoms with E-state index in [0.29, 0.717) is 8.77 Å². The Hall–Kier alpha value is -3.72. The molecule has 5 heteroatoms. The Labute approximate surface area is 286 Å². The highest BCUT2D eigenvalue weighted by atomic mass is 31.1. The number of fused-ring (bicyclic) bond motifs is 4. The molecule has 0 atom stereocenters. The lowest BCUT2D eigenvalue weighted by molar-refractivity contribution is 0.590. The molecule has 0 fully saturated rings. The SMILES string of the molecule is Cc1cc(C)c(N2c3ccc([Si]=P)cc3B3c4cc(C(C)(C)C)ccc4N(c4ccc(C(C)(C)C)cc4)c4cc(C)cc2c43)c(C)c1. The molecule has 2 aliphatic rings. The smallest absolute Gasteiger partial charge is 0.252 e. The van der Waals surface area contributed by atoms with E-state index >= 15 is 0 Å². The highest BCUT2D eigenvalue weighted by Crippen LogP contribution is 2.46. The lowest BCUT2D eigenvalue weighted by atomic mass is 9.33. The van der Waals surface area contributed by atoms with Crippen LogP contribution in [0.5, 0.6) is 0 Å². The molecule has 0 unspecified atom stereocenters. The molecule has 0 amide bonds. The zero-order valence-corrected chi connectivity index (χ0v) is 31.6. The molecule has 0 aromatic heterocycles. The van der Waals surface area contributed by atoms with Gasteiger partial charge in [0.05, 0.1) is 14.5 Å². The van der Waals surface area contributed by atoms with E-state index < -0.39 is 0 Å². The zero-order chi connectivity index (χ0) is 33.6. The number of aryl methyl sites for hydroxylation is 4. The van der Waals surface area contributed by atoms with Crippen LogP contribution in [0.1, 0.15) is 74.9 Å². The summed E-state index contributed by atoms with van der Waals surface area (Å²) in [6, 6.07) is 33.2. The molecule has 0 bridgehead atoms. The van der Waals surface area contributed by atoms with E-state index in [1.54, 1.807) is 0 Å². The number of anilines is 6. The molecule has 7 rings (SSSR count). The summed E-state index contributed by atoms with van der Waals surface area (Å²) < 4.78 is 0. The Morgan fingerprint density at radius 1 is 0.553 bits per heavy atom. The second-order valence-electron chi connectivity index (χ2n) is 15.8. The molecule has 0 N–H and O–H groups in total. The van der Waals surface area contributed by atoms with Gasteiger partial charge >= 0.3 is 0 Å². The van der Waals surface area contributed by atoms with Gasteiger partial charge in [-0.3, -0.25) is 0 Å². The topological polar surface area (TPSA) is 6.48 Å². The third-order valence-electron chi connectivity index (χ3n) is 10.1. The van der Waals surface area contributed by atoms with E-state index in [0.717, 1.165) is 0 Å². The minimum atomic E-state index is 0.0308. The lowest BCUT2D eigenvalue weighted by Gasteiger charge is -2.45. The Kier molecular flexibility index (Phi) is 7.58. The van der Waals surface area contributed by atoms with Gasteiger partial charge in [0.1, 0.15) is 0 Å². The average Bonchev–Trinajstić information content (AvgIpc) is 3.00. The maximum atomic E-state index is 3.88. The molecule has 47 heavy (non-hydrogen) atoms. The van der Waals surface area contributed by atoms with Gasteiger partial charge in [-0.15, -0.1) is 8.38 Å². The van der Waals surface area contributed by atoms with Gasteiger partial charge in [0.15, 0.2) is 0 Å². The molecule has 5 aromatic rings. The number of nitrogens with zero attached hydrogens (tertiary/aromatic N) is 2. The summed E-state index contributed by atoms with van der Waals surface area (Å²) in [5.74, 6) is 0. The second-order valence-corrected chi connectivity index (χ2v) is 17.4. The Bertz CT molecular complexity index is 2060. The largest absolute Gasteiger partial charge is 0.311 e. The predicted molar refractivity (Wildman–Crippen MR) is 211 cm³/mol. The van der Waals surface area contributed by atoms with Gasteiger partial charge in [-0.2, -0.15) is 0 Å². The quantitative estimate of drug-likeness (QED) is 0.140. The van der Waals surface area contributed by atoms with Crippen molar-refractivity contribution in [2.45, 2.75) is 80.1 Å². The Balaban J connectivity index is 1.60. The van der Waals surface area contributed by atoms with Crippen LogP contribution in [0, 0.1) is 27.7 Å². The van der Waals surface area contributed by atoms with Crippen LogP contribution in [0.2, 0.25) is 0 Å². The average molecular weight is 648 g/mol. The number of benzene rings is 5. The summed E-state index contributed by atoms with van der Waals surface area (Å²) in [5, 5.41) is 1.32. The summed E-state index contributed by atoms with van der Waals surface area (Å²) in [6.07, 6.45) is 0. The standard InChI is InChI=1S/C42H45BN2PSi/c1-25-19-27(3)40(28(4)20-25)45-36-18-16-32(47-46)24-34(36)43-33-23-30(42(8,9)10)13-17-35(33)44(37-21-26(2)22-38(45)39(37)43)31-14-11-29(12-15-31)41(5,6)7/h11-24,46H,1-10H3. The highest BCUT2D eigenvalue weighted by Gasteiger charge is 2.44. The van der Waals surface area contributed by atoms with Crippen molar-refractivity contribution in [3.05, 3.63) is 118 Å². The molecule has 1 radical (unpaired) electrons. The van der Waals surface area contributed by atoms with Crippen molar-refractivity contribution >= 4 is 79.6 Å². The highest BCUT2D eigenvalue weighted by molar-refractivity contribution is 7.33. The number of rotatable bonds is 3. The number of hydrogen-bond acceptors (Lipinski definition) is 2. The summed E-state index contributed by atoms with van der Waals surface area (Å²) in [4.78, 5) is 5.10. The molecular formula is C42H45BN2PSi. The summed E-state index contributed by atoms with van der Waals surface area (Å²) in [5.41, 5.74) is 19.7. The molecule has 2 heterocycles. The fraction of sp³-hybridized carbons (Fsp3) is 0.286. The first-order valence-electron chi connectivity index (χ1n) is 16.8. The van der Waals surface area contributed by atoms with Crippen molar-refractivity contribution in [1.82, 2.24) is 0 Å². The Morgan fingerprint density at radius 3 is 1.66 bits per heavy atom. The second kappa shape index (κ2) is 11.2. The van der Waals surface area contributed by atoms with E-state index in [4.69, 9.17) is 0 Å². The first-order valence-corrected chi connectivity index (χ1v) is 19.3. The van der Waals surface area contributed by atoms with Crippen molar-refractivity contribution in [2.24, 2.45) is 0 Å². The first-order chi connectivity index (χ1) is 22.2. The molecule has 0 aliphatic carbocycles. The molecule has 2 nitrogen and oxygen atoms in total. The monoisotopic (exact) mass is 647 g/mol. The van der Waals surface area contributed by atoms with Crippen molar-refractivity contribution in [2.75, 3.05) is 9.80 Å². The molecule has 2 aliphatic heterocycles. The van der Waals surface area contributed by atoms with E-state index in [-0.39, 0.29) is 17.5 Å². The van der Waals surface area contributed by atoms with Crippen LogP contribution in [0.3, 0.4) is 0 Å². The fourth-order valence-electron chi connectivity index (χ4n) is 7.84. The zero-order valence-electron chi connectivity index (χ0n) is 29.6. The molecule has 5 aromatic carbocycles. The summed E-state index contributed by atoms with van der Waals surface area (Å²) >= 11 is 0. The molecule has 0 saturated heterocycles. The third-order valence-corrected chi connectivity index (χ3v) is 11.5. The van der Waals surface area contributed by atoms with Gasteiger partial charge in [-0.1, -0.05) is 95.6 Å². The van der Waals surface area contributed by atoms with E-state index in [9.17, 15) is 0 Å². The molecular weight excluding hydrogens is 602 g/mol. The molecule has 235 valence electrons. The van der Waals surface area contributed by atoms with Crippen LogP contribution in [-0.4, -0.2) is 15.5 Å². The van der Waals surface area contributed by atoms with E-state index in [2.05, 4.69) is 172 Å². The third kappa shape index (κ3) is 5.25. The minimum absolute atomic E-state index is 0.0308. The van der Waals surface area contributed by atoms with Crippen LogP contribution >= 0.6 is 8.38 Å². The van der Waals surface area contributed by atoms with E-state index in [1.165, 1.54) is 89.1 Å². The van der Waals surface area contributed by atoms with Crippen LogP contribution < -0.4 is 31.4 Å². The van der Waals surface area contributed by atoms with Gasteiger partial charge in [-0.25, -0.2) is 0 Å². The Morgan fingerprint density at radius 2 is 1.06 bits per heavy atom. The number of hydrogen-bond donors (Lipinski definition) is 0. The van der Waals surface area contributed by atoms with Gasteiger partial charge in [0, 0.05) is 28.4 Å². The molecule has 0 saturated carbocycles. The van der Waals surface area contributed by atoms with Crippen LogP contribution in [0.4, 0.5) is 34.1 Å². The maximum absolute atomic E-state index is 3.88. The van der Waals surface area contributed by atoms with Crippen LogP contribution in [0.15, 0.2) is 84.9 Å². The summed E-state index contributed by atoms with van der Waals surface area (Å²) in [6.45, 7) is 22.9. The van der Waals surface area contributed by atoms with Gasteiger partial charge in [-0.05, 0) is 124 Å². The fourth-order valence-corrected chi connectivity index (χ4v) is 8.70. The normalized spacial score (nSPS) is 13.7. The lowest BCUT2D eigenvalue weighted by Crippen LogP contribution is -2.62. The minimum Gasteiger partial charge on any atom is -0.311 e. The van der Waals surface area contributed by atoms with Crippen molar-refractivity contribution in [3.8, 4) is 0 Å². The van der Waals surface area contributed by atoms with Crippen molar-refractivity contribution in [3.63, 3.8) is 0 Å². The maximum Gasteiger partial charge on any atom is 0.252 e. The van der Waals surface area contributed by atoms with Gasteiger partial charge < -0.3 is 9.80 Å². The predicted octanol–water partition coefficient (Wildman–Crippen LogP) is 8.99. The molecule has 0 spiro atoms. The van der Waals surface area contributed by atoms with Gasteiger partial charge in [0.2, 0.25) is 0 Å². The summed E-state index contributed by atoms with van der Waals surface area (Å²) in [7, 11) is 4.42. The van der Waals surface area contributed by atoms with Crippen LogP contribution in [0.25, 0.3) is 0 Å². The first kappa shape index (κ1) is 31.9. The van der Waals surface area contributed by atoms with Crippen molar-refractivity contribution < 1.29 is 0 Å².